The van der Waals surface area contributed by atoms with Gasteiger partial charge < -0.3 is 10.0 Å². The highest BCUT2D eigenvalue weighted by atomic mass is 19.1. The van der Waals surface area contributed by atoms with E-state index in [1.165, 1.54) is 12.1 Å². The molecule has 3 heterocycles. The average molecular weight is 388 g/mol. The molecule has 3 atom stereocenters. The molecule has 0 aliphatic carbocycles. The largest absolute Gasteiger partial charge is 0.388 e. The first-order chi connectivity index (χ1) is 13.6. The van der Waals surface area contributed by atoms with Crippen molar-refractivity contribution in [2.75, 3.05) is 26.2 Å². The van der Waals surface area contributed by atoms with Crippen LogP contribution in [-0.4, -0.2) is 41.2 Å². The molecule has 2 saturated heterocycles. The van der Waals surface area contributed by atoms with Crippen LogP contribution in [0.1, 0.15) is 36.1 Å². The number of nitrogens with zero attached hydrogens (tertiary/aromatic N) is 2. The van der Waals surface area contributed by atoms with E-state index in [1.807, 2.05) is 12.1 Å². The fourth-order valence-electron chi connectivity index (χ4n) is 4.40. The van der Waals surface area contributed by atoms with E-state index >= 15 is 0 Å². The standard InChI is InChI=1S/C21H26F2N4O/c22-17-3-4-18(19(23)10-17)20-16(12-25-26-20)13-27-8-5-14(6-9-27)21(28)15-2-1-7-24-11-15/h1-4,7,10-11,14,16,20-21,25-26,28H,5-6,8-9,12-13H2. The Morgan fingerprint density at radius 1 is 1.21 bits per heavy atom. The zero-order valence-electron chi connectivity index (χ0n) is 15.7. The molecule has 1 aromatic carbocycles. The van der Waals surface area contributed by atoms with Crippen molar-refractivity contribution in [2.24, 2.45) is 11.8 Å². The number of rotatable bonds is 5. The molecule has 1 aromatic heterocycles. The second-order valence-electron chi connectivity index (χ2n) is 7.80. The molecule has 7 heteroatoms. The Balaban J connectivity index is 1.34. The highest BCUT2D eigenvalue weighted by Crippen LogP contribution is 2.32. The maximum Gasteiger partial charge on any atom is 0.130 e. The van der Waals surface area contributed by atoms with Gasteiger partial charge in [0.05, 0.1) is 12.1 Å². The monoisotopic (exact) mass is 388 g/mol. The molecule has 2 aliphatic rings. The third-order valence-electron chi connectivity index (χ3n) is 5.99. The van der Waals surface area contributed by atoms with Crippen molar-refractivity contribution in [3.63, 3.8) is 0 Å². The first-order valence-electron chi connectivity index (χ1n) is 9.85. The van der Waals surface area contributed by atoms with Gasteiger partial charge in [0.1, 0.15) is 11.6 Å². The molecule has 2 fully saturated rings. The molecular formula is C21H26F2N4O. The van der Waals surface area contributed by atoms with Gasteiger partial charge in [-0.15, -0.1) is 0 Å². The van der Waals surface area contributed by atoms with Crippen molar-refractivity contribution in [3.05, 3.63) is 65.5 Å². The lowest BCUT2D eigenvalue weighted by Crippen LogP contribution is -2.40. The lowest BCUT2D eigenvalue weighted by atomic mass is 9.87. The summed E-state index contributed by atoms with van der Waals surface area (Å²) in [4.78, 5) is 6.47. The topological polar surface area (TPSA) is 60.4 Å². The third kappa shape index (κ3) is 4.22. The minimum atomic E-state index is -0.557. The number of hydrazine groups is 1. The molecule has 0 bridgehead atoms. The molecule has 28 heavy (non-hydrogen) atoms. The minimum absolute atomic E-state index is 0.181. The smallest absolute Gasteiger partial charge is 0.130 e. The summed E-state index contributed by atoms with van der Waals surface area (Å²) >= 11 is 0. The summed E-state index contributed by atoms with van der Waals surface area (Å²) in [6.45, 7) is 3.37. The van der Waals surface area contributed by atoms with Crippen LogP contribution in [0.5, 0.6) is 0 Å². The summed E-state index contributed by atoms with van der Waals surface area (Å²) in [7, 11) is 0. The number of aliphatic hydroxyl groups is 1. The van der Waals surface area contributed by atoms with Crippen LogP contribution in [0.4, 0.5) is 8.78 Å². The quantitative estimate of drug-likeness (QED) is 0.735. The molecular weight excluding hydrogens is 362 g/mol. The lowest BCUT2D eigenvalue weighted by Gasteiger charge is -2.36. The molecule has 0 spiro atoms. The van der Waals surface area contributed by atoms with Crippen LogP contribution < -0.4 is 10.9 Å². The Kier molecular flexibility index (Phi) is 5.96. The van der Waals surface area contributed by atoms with E-state index in [0.29, 0.717) is 5.56 Å². The van der Waals surface area contributed by atoms with Crippen LogP contribution in [0.15, 0.2) is 42.7 Å². The van der Waals surface area contributed by atoms with Crippen LogP contribution in [-0.2, 0) is 0 Å². The molecule has 2 aliphatic heterocycles. The van der Waals surface area contributed by atoms with Crippen molar-refractivity contribution in [1.82, 2.24) is 20.7 Å². The predicted octanol–water partition coefficient (Wildman–Crippen LogP) is 2.57. The molecule has 0 radical (unpaired) electrons. The molecule has 150 valence electrons. The number of benzene rings is 1. The molecule has 2 aromatic rings. The first-order valence-corrected chi connectivity index (χ1v) is 9.85. The van der Waals surface area contributed by atoms with Gasteiger partial charge in [0, 0.05) is 43.0 Å². The Labute approximate surface area is 163 Å². The summed E-state index contributed by atoms with van der Waals surface area (Å²) in [6, 6.07) is 7.36. The van der Waals surface area contributed by atoms with Gasteiger partial charge in [0.25, 0.3) is 0 Å². The predicted molar refractivity (Wildman–Crippen MR) is 102 cm³/mol. The maximum atomic E-state index is 14.2. The highest BCUT2D eigenvalue weighted by molar-refractivity contribution is 5.24. The Bertz CT molecular complexity index is 783. The molecule has 4 rings (SSSR count). The van der Waals surface area contributed by atoms with Crippen LogP contribution in [0.25, 0.3) is 0 Å². The Hall–Kier alpha value is -1.93. The summed E-state index contributed by atoms with van der Waals surface area (Å²) in [5.41, 5.74) is 7.62. The van der Waals surface area contributed by atoms with Gasteiger partial charge >= 0.3 is 0 Å². The molecule has 3 unspecified atom stereocenters. The molecule has 3 N–H and O–H groups in total. The van der Waals surface area contributed by atoms with E-state index in [-0.39, 0.29) is 17.9 Å². The van der Waals surface area contributed by atoms with E-state index in [9.17, 15) is 13.9 Å². The number of hydrogen-bond donors (Lipinski definition) is 3. The van der Waals surface area contributed by atoms with Gasteiger partial charge in [-0.25, -0.2) is 14.2 Å². The van der Waals surface area contributed by atoms with Gasteiger partial charge in [-0.3, -0.25) is 10.4 Å². The summed E-state index contributed by atoms with van der Waals surface area (Å²) in [5, 5.41) is 10.6. The SMILES string of the molecule is OC(c1cccnc1)C1CCN(CC2CNNC2c2ccc(F)cc2F)CC1. The molecule has 5 nitrogen and oxygen atoms in total. The van der Waals surface area contributed by atoms with Crippen LogP contribution >= 0.6 is 0 Å². The number of nitrogens with one attached hydrogen (secondary N) is 2. The molecule has 0 saturated carbocycles. The number of aromatic nitrogens is 1. The fourth-order valence-corrected chi connectivity index (χ4v) is 4.40. The number of piperidine rings is 1. The highest BCUT2D eigenvalue weighted by Gasteiger charge is 2.33. The zero-order chi connectivity index (χ0) is 19.5. The van der Waals surface area contributed by atoms with Gasteiger partial charge in [0.15, 0.2) is 0 Å². The molecule has 0 amide bonds. The van der Waals surface area contributed by atoms with Crippen LogP contribution in [0.2, 0.25) is 0 Å². The number of hydrogen-bond acceptors (Lipinski definition) is 5. The van der Waals surface area contributed by atoms with E-state index in [1.54, 1.807) is 12.4 Å². The Morgan fingerprint density at radius 3 is 2.75 bits per heavy atom. The summed E-state index contributed by atoms with van der Waals surface area (Å²) < 4.78 is 27.4. The second kappa shape index (κ2) is 8.61. The van der Waals surface area contributed by atoms with Crippen molar-refractivity contribution < 1.29 is 13.9 Å². The maximum absolute atomic E-state index is 14.2. The van der Waals surface area contributed by atoms with Crippen molar-refractivity contribution in [2.45, 2.75) is 25.0 Å². The third-order valence-corrected chi connectivity index (χ3v) is 5.99. The van der Waals surface area contributed by atoms with E-state index in [4.69, 9.17) is 0 Å². The number of likely N-dealkylation sites (tertiary alicyclic amines) is 1. The summed E-state index contributed by atoms with van der Waals surface area (Å²) in [5.74, 6) is -0.645. The lowest BCUT2D eigenvalue weighted by molar-refractivity contribution is 0.0538. The van der Waals surface area contributed by atoms with Crippen LogP contribution in [0, 0.1) is 23.5 Å². The zero-order valence-corrected chi connectivity index (χ0v) is 15.7. The van der Waals surface area contributed by atoms with Gasteiger partial charge in [-0.1, -0.05) is 12.1 Å². The first kappa shape index (κ1) is 19.4. The van der Waals surface area contributed by atoms with Gasteiger partial charge in [-0.2, -0.15) is 0 Å². The van der Waals surface area contributed by atoms with Gasteiger partial charge in [-0.05, 0) is 49.5 Å². The van der Waals surface area contributed by atoms with Crippen LogP contribution in [0.3, 0.4) is 0 Å². The van der Waals surface area contributed by atoms with Crippen molar-refractivity contribution in [3.8, 4) is 0 Å². The summed E-state index contributed by atoms with van der Waals surface area (Å²) in [6.07, 6.45) is 4.79. The number of aliphatic hydroxyl groups excluding tert-OH is 1. The number of pyridine rings is 1. The number of halogens is 2. The Morgan fingerprint density at radius 2 is 2.04 bits per heavy atom. The van der Waals surface area contributed by atoms with E-state index in [2.05, 4.69) is 20.7 Å². The minimum Gasteiger partial charge on any atom is -0.388 e. The average Bonchev–Trinajstić information content (AvgIpc) is 3.16. The normalized spacial score (nSPS) is 25.1. The van der Waals surface area contributed by atoms with Crippen molar-refractivity contribution >= 4 is 0 Å². The van der Waals surface area contributed by atoms with E-state index in [0.717, 1.165) is 50.7 Å². The van der Waals surface area contributed by atoms with E-state index < -0.39 is 17.7 Å². The van der Waals surface area contributed by atoms with Gasteiger partial charge in [0.2, 0.25) is 0 Å². The van der Waals surface area contributed by atoms with Crippen molar-refractivity contribution in [1.29, 1.82) is 0 Å². The fraction of sp³-hybridized carbons (Fsp3) is 0.476. The second-order valence-corrected chi connectivity index (χ2v) is 7.80.